The Balaban J connectivity index is 2.28. The largest absolute Gasteiger partial charge is 0.480 e. The van der Waals surface area contributed by atoms with E-state index in [0.29, 0.717) is 11.4 Å². The number of carboxylic acid groups (broad SMARTS) is 1. The predicted molar refractivity (Wildman–Crippen MR) is 236 cm³/mol. The molecule has 0 spiro atoms. The van der Waals surface area contributed by atoms with E-state index >= 15 is 0 Å². The lowest BCUT2D eigenvalue weighted by atomic mass is 10.0. The second-order valence-corrected chi connectivity index (χ2v) is 15.9. The van der Waals surface area contributed by atoms with Crippen molar-refractivity contribution in [2.45, 2.75) is 101 Å². The van der Waals surface area contributed by atoms with E-state index in [1.807, 2.05) is 0 Å². The number of aliphatic carboxylic acids is 1. The van der Waals surface area contributed by atoms with Gasteiger partial charge in [0.15, 0.2) is 0 Å². The lowest BCUT2D eigenvalue weighted by molar-refractivity contribution is -0.141. The van der Waals surface area contributed by atoms with Crippen LogP contribution in [0.4, 0.5) is 0 Å². The lowest BCUT2D eigenvalue weighted by Gasteiger charge is -2.27. The molecule has 29 heteroatoms. The van der Waals surface area contributed by atoms with E-state index in [1.165, 1.54) is 32.0 Å². The van der Waals surface area contributed by atoms with Crippen LogP contribution in [0.25, 0.3) is 0 Å². The fourth-order valence-electron chi connectivity index (χ4n) is 5.74. The van der Waals surface area contributed by atoms with Crippen LogP contribution in [0.15, 0.2) is 25.0 Å². The highest BCUT2D eigenvalue weighted by Crippen LogP contribution is 2.09. The number of hydrogen-bond donors (Lipinski definition) is 17. The molecule has 27 nitrogen and oxygen atoms in total. The van der Waals surface area contributed by atoms with E-state index in [2.05, 4.69) is 87.7 Å². The number of carboxylic acids is 1. The number of nitrogens with zero attached hydrogens (tertiary/aromatic N) is 2. The maximum Gasteiger partial charge on any atom is 0.327 e. The number of nitrogens with two attached hydrogens (primary N) is 2. The Morgan fingerprint density at radius 2 is 0.970 bits per heavy atom. The van der Waals surface area contributed by atoms with Crippen molar-refractivity contribution in [3.63, 3.8) is 0 Å². The van der Waals surface area contributed by atoms with Crippen LogP contribution in [0.5, 0.6) is 0 Å². The summed E-state index contributed by atoms with van der Waals surface area (Å²) < 4.78 is 0. The molecule has 17 N–H and O–H groups in total. The highest BCUT2D eigenvalue weighted by molar-refractivity contribution is 7.80. The standard InChI is InChI=1S/C37H58N14O13S2/c1-16(2)4-21(31(57)49-26(11-53)36(62)50-25(10-52)35(61)44-17(3)29(55)51-27(13-66)37(63)64)46-34(60)24(7-28(39)54)48-33(59)23(6-19-9-41-15-43-19)47-32(58)22(5-18-8-40-14-42-18)45-30(56)20(38)12-65/h8-9,14-17,20-27,52-53,65-66H,4-7,10-13,38H2,1-3H3,(H2,39,54)(H,40,42)(H,41,43)(H,44,61)(H,45,56)(H,46,60)(H,47,58)(H,48,59)(H,49,57)(H,50,62)(H,51,55)(H,63,64)/t17-,20-,21-,22-,23-,24-,25-,26-,27-/m0/s1. The van der Waals surface area contributed by atoms with Gasteiger partial charge in [-0.05, 0) is 19.3 Å². The van der Waals surface area contributed by atoms with Crippen molar-refractivity contribution in [1.29, 1.82) is 0 Å². The van der Waals surface area contributed by atoms with Crippen LogP contribution >= 0.6 is 25.3 Å². The van der Waals surface area contributed by atoms with Gasteiger partial charge in [-0.1, -0.05) is 13.8 Å². The molecule has 0 unspecified atom stereocenters. The average Bonchev–Trinajstić information content (AvgIpc) is 3.99. The maximum absolute atomic E-state index is 13.9. The molecule has 0 saturated heterocycles. The number of aliphatic hydroxyl groups is 2. The number of hydrogen-bond acceptors (Lipinski definition) is 17. The summed E-state index contributed by atoms with van der Waals surface area (Å²) in [4.78, 5) is 143. The van der Waals surface area contributed by atoms with Gasteiger partial charge in [-0.3, -0.25) is 43.2 Å². The first-order valence-corrected chi connectivity index (χ1v) is 21.5. The summed E-state index contributed by atoms with van der Waals surface area (Å²) in [6, 6.07) is -13.4. The predicted octanol–water partition coefficient (Wildman–Crippen LogP) is -7.01. The zero-order valence-electron chi connectivity index (χ0n) is 36.1. The Morgan fingerprint density at radius 3 is 1.38 bits per heavy atom. The quantitative estimate of drug-likeness (QED) is 0.0337. The van der Waals surface area contributed by atoms with E-state index in [4.69, 9.17) is 16.6 Å². The first-order valence-electron chi connectivity index (χ1n) is 20.2. The van der Waals surface area contributed by atoms with Crippen LogP contribution in [0.3, 0.4) is 0 Å². The molecule has 2 heterocycles. The number of aliphatic hydroxyl groups excluding tert-OH is 2. The Bertz CT molecular complexity index is 1980. The van der Waals surface area contributed by atoms with Crippen LogP contribution in [-0.2, 0) is 60.8 Å². The molecular weight excluding hydrogens is 913 g/mol. The van der Waals surface area contributed by atoms with E-state index in [-0.39, 0.29) is 36.7 Å². The van der Waals surface area contributed by atoms with Gasteiger partial charge < -0.3 is 79.3 Å². The number of H-pyrrole nitrogens is 2. The number of primary amides is 1. The molecule has 9 amide bonds. The molecule has 0 fully saturated rings. The third-order valence-corrected chi connectivity index (χ3v) is 10.1. The molecule has 2 aromatic heterocycles. The molecule has 0 aliphatic rings. The monoisotopic (exact) mass is 970 g/mol. The molecule has 0 aliphatic heterocycles. The normalized spacial score (nSPS) is 15.2. The van der Waals surface area contributed by atoms with Crippen molar-refractivity contribution in [2.24, 2.45) is 17.4 Å². The summed E-state index contributed by atoms with van der Waals surface area (Å²) in [6.07, 6.45) is 4.14. The number of imidazole rings is 2. The van der Waals surface area contributed by atoms with Gasteiger partial charge in [0, 0.05) is 48.1 Å². The number of amides is 9. The minimum atomic E-state index is -1.79. The average molecular weight is 971 g/mol. The Labute approximate surface area is 388 Å². The third kappa shape index (κ3) is 18.7. The summed E-state index contributed by atoms with van der Waals surface area (Å²) in [7, 11) is 0. The topological polar surface area (TPSA) is 437 Å². The molecule has 366 valence electrons. The van der Waals surface area contributed by atoms with Gasteiger partial charge in [0.1, 0.15) is 48.3 Å². The summed E-state index contributed by atoms with van der Waals surface area (Å²) >= 11 is 7.86. The van der Waals surface area contributed by atoms with Crippen LogP contribution < -0.4 is 54.0 Å². The fourth-order valence-corrected chi connectivity index (χ4v) is 6.15. The van der Waals surface area contributed by atoms with Gasteiger partial charge in [0.2, 0.25) is 53.2 Å². The summed E-state index contributed by atoms with van der Waals surface area (Å²) in [6.45, 7) is 2.47. The molecule has 2 rings (SSSR count). The maximum atomic E-state index is 13.9. The van der Waals surface area contributed by atoms with Crippen molar-refractivity contribution >= 4 is 84.4 Å². The Morgan fingerprint density at radius 1 is 0.576 bits per heavy atom. The number of aromatic amines is 2. The molecule has 0 radical (unpaired) electrons. The van der Waals surface area contributed by atoms with E-state index < -0.39 is 133 Å². The van der Waals surface area contributed by atoms with Crippen molar-refractivity contribution in [2.75, 3.05) is 24.7 Å². The molecule has 0 saturated carbocycles. The minimum Gasteiger partial charge on any atom is -0.480 e. The fraction of sp³-hybridized carbons (Fsp3) is 0.568. The molecule has 2 aromatic rings. The second-order valence-electron chi connectivity index (χ2n) is 15.2. The van der Waals surface area contributed by atoms with E-state index in [1.54, 1.807) is 13.8 Å². The Kier molecular flexibility index (Phi) is 23.6. The van der Waals surface area contributed by atoms with E-state index in [9.17, 15) is 58.2 Å². The van der Waals surface area contributed by atoms with Crippen LogP contribution in [-0.4, -0.2) is 173 Å². The second kappa shape index (κ2) is 27.9. The van der Waals surface area contributed by atoms with Gasteiger partial charge in [-0.25, -0.2) is 14.8 Å². The molecular formula is C37H58N14O13S2. The number of rotatable bonds is 29. The number of aromatic nitrogens is 4. The van der Waals surface area contributed by atoms with Crippen LogP contribution in [0, 0.1) is 5.92 Å². The van der Waals surface area contributed by atoms with Crippen molar-refractivity contribution in [3.8, 4) is 0 Å². The number of nitrogens with one attached hydrogen (secondary N) is 10. The summed E-state index contributed by atoms with van der Waals surface area (Å²) in [5.74, 6) is -11.0. The molecule has 66 heavy (non-hydrogen) atoms. The zero-order valence-corrected chi connectivity index (χ0v) is 37.9. The molecule has 9 atom stereocenters. The Hall–Kier alpha value is -6.30. The minimum absolute atomic E-state index is 0.0534. The summed E-state index contributed by atoms with van der Waals surface area (Å²) in [5, 5.41) is 47.6. The molecule has 0 aromatic carbocycles. The van der Waals surface area contributed by atoms with Crippen molar-refractivity contribution < 1.29 is 63.3 Å². The lowest BCUT2D eigenvalue weighted by Crippen LogP contribution is -2.61. The first kappa shape index (κ1) is 55.8. The van der Waals surface area contributed by atoms with Gasteiger partial charge in [-0.15, -0.1) is 0 Å². The van der Waals surface area contributed by atoms with Gasteiger partial charge >= 0.3 is 5.97 Å². The molecule has 0 aliphatic carbocycles. The molecule has 0 bridgehead atoms. The van der Waals surface area contributed by atoms with Crippen LogP contribution in [0.1, 0.15) is 45.0 Å². The zero-order chi connectivity index (χ0) is 49.7. The highest BCUT2D eigenvalue weighted by atomic mass is 32.1. The summed E-state index contributed by atoms with van der Waals surface area (Å²) in [5.41, 5.74) is 12.0. The highest BCUT2D eigenvalue weighted by Gasteiger charge is 2.35. The third-order valence-electron chi connectivity index (χ3n) is 9.32. The SMILES string of the molecule is CC(C)C[C@H](NC(=O)[C@H](CC(N)=O)NC(=O)[C@H](Cc1cnc[nH]1)NC(=O)[C@H](Cc1cnc[nH]1)NC(=O)[C@@H](N)CS)C(=O)N[C@@H](CO)C(=O)N[C@@H](CO)C(=O)N[C@@H](C)C(=O)N[C@@H](CS)C(=O)O. The van der Waals surface area contributed by atoms with Crippen molar-refractivity contribution in [1.82, 2.24) is 62.5 Å². The van der Waals surface area contributed by atoms with Gasteiger partial charge in [0.25, 0.3) is 0 Å². The first-order chi connectivity index (χ1) is 31.1. The number of carbonyl (C=O) groups excluding carboxylic acids is 9. The van der Waals surface area contributed by atoms with Gasteiger partial charge in [-0.2, -0.15) is 25.3 Å². The van der Waals surface area contributed by atoms with Gasteiger partial charge in [0.05, 0.1) is 38.3 Å². The number of thiol groups is 2. The number of carbonyl (C=O) groups is 10. The smallest absolute Gasteiger partial charge is 0.327 e. The van der Waals surface area contributed by atoms with Crippen molar-refractivity contribution in [3.05, 3.63) is 36.4 Å². The van der Waals surface area contributed by atoms with Crippen LogP contribution in [0.2, 0.25) is 0 Å². The van der Waals surface area contributed by atoms with E-state index in [0.717, 1.165) is 0 Å².